The maximum absolute atomic E-state index is 12.9. The highest BCUT2D eigenvalue weighted by Gasteiger charge is 2.08. The van der Waals surface area contributed by atoms with Gasteiger partial charge in [0.25, 0.3) is 5.56 Å². The molecule has 0 aliphatic rings. The summed E-state index contributed by atoms with van der Waals surface area (Å²) in [5, 5.41) is 1.27. The zero-order valence-corrected chi connectivity index (χ0v) is 12.2. The maximum atomic E-state index is 12.9. The fourth-order valence-electron chi connectivity index (χ4n) is 2.06. The summed E-state index contributed by atoms with van der Waals surface area (Å²) >= 11 is 1.46. The molecule has 0 atom stereocenters. The average Bonchev–Trinajstić information content (AvgIpc) is 2.51. The van der Waals surface area contributed by atoms with Crippen molar-refractivity contribution in [2.45, 2.75) is 10.9 Å². The van der Waals surface area contributed by atoms with Crippen LogP contribution in [-0.2, 0) is 12.8 Å². The van der Waals surface area contributed by atoms with Gasteiger partial charge < -0.3 is 0 Å². The number of halogens is 1. The second-order valence-electron chi connectivity index (χ2n) is 4.69. The second kappa shape index (κ2) is 5.69. The van der Waals surface area contributed by atoms with Crippen LogP contribution in [0, 0.1) is 5.82 Å². The summed E-state index contributed by atoms with van der Waals surface area (Å²) in [7, 11) is 1.72. The van der Waals surface area contributed by atoms with E-state index in [0.29, 0.717) is 21.8 Å². The van der Waals surface area contributed by atoms with Crippen LogP contribution in [0.1, 0.15) is 5.56 Å². The summed E-state index contributed by atoms with van der Waals surface area (Å²) in [6, 6.07) is 13.6. The van der Waals surface area contributed by atoms with Gasteiger partial charge in [-0.3, -0.25) is 9.36 Å². The molecule has 0 aliphatic heterocycles. The molecule has 0 N–H and O–H groups in total. The van der Waals surface area contributed by atoms with E-state index in [1.165, 1.54) is 23.9 Å². The highest BCUT2D eigenvalue weighted by atomic mass is 32.2. The Labute approximate surface area is 125 Å². The molecule has 106 valence electrons. The Bertz CT molecular complexity index is 843. The zero-order valence-electron chi connectivity index (χ0n) is 11.4. The Morgan fingerprint density at radius 3 is 2.62 bits per heavy atom. The van der Waals surface area contributed by atoms with Crippen LogP contribution in [0.2, 0.25) is 0 Å². The van der Waals surface area contributed by atoms with Gasteiger partial charge in [0.15, 0.2) is 5.16 Å². The first-order valence-corrected chi connectivity index (χ1v) is 7.47. The van der Waals surface area contributed by atoms with Crippen molar-refractivity contribution in [1.82, 2.24) is 9.55 Å². The standard InChI is InChI=1S/C16H13FN2OS/c1-19-15(20)13-4-2-3-5-14(13)18-16(19)21-10-11-6-8-12(17)9-7-11/h2-9H,10H2,1H3. The van der Waals surface area contributed by atoms with Crippen molar-refractivity contribution >= 4 is 22.7 Å². The minimum Gasteiger partial charge on any atom is -0.290 e. The lowest BCUT2D eigenvalue weighted by Gasteiger charge is -2.08. The monoisotopic (exact) mass is 300 g/mol. The van der Waals surface area contributed by atoms with Crippen molar-refractivity contribution in [2.75, 3.05) is 0 Å². The highest BCUT2D eigenvalue weighted by Crippen LogP contribution is 2.21. The number of hydrogen-bond donors (Lipinski definition) is 0. The molecule has 3 aromatic rings. The maximum Gasteiger partial charge on any atom is 0.261 e. The fourth-order valence-corrected chi connectivity index (χ4v) is 2.98. The molecule has 0 amide bonds. The third-order valence-electron chi connectivity index (χ3n) is 3.22. The minimum absolute atomic E-state index is 0.0535. The van der Waals surface area contributed by atoms with E-state index in [-0.39, 0.29) is 11.4 Å². The predicted octanol–water partition coefficient (Wildman–Crippen LogP) is 3.36. The molecule has 0 saturated heterocycles. The van der Waals surface area contributed by atoms with E-state index >= 15 is 0 Å². The third-order valence-corrected chi connectivity index (χ3v) is 4.32. The number of hydrogen-bond acceptors (Lipinski definition) is 3. The van der Waals surface area contributed by atoms with Gasteiger partial charge >= 0.3 is 0 Å². The molecule has 0 spiro atoms. The van der Waals surface area contributed by atoms with Gasteiger partial charge in [0.1, 0.15) is 5.82 Å². The smallest absolute Gasteiger partial charge is 0.261 e. The Morgan fingerprint density at radius 1 is 1.14 bits per heavy atom. The molecular weight excluding hydrogens is 287 g/mol. The summed E-state index contributed by atoms with van der Waals surface area (Å²) in [4.78, 5) is 16.8. The summed E-state index contributed by atoms with van der Waals surface area (Å²) < 4.78 is 14.4. The normalized spacial score (nSPS) is 11.0. The summed E-state index contributed by atoms with van der Waals surface area (Å²) in [5.41, 5.74) is 1.63. The Balaban J connectivity index is 1.92. The summed E-state index contributed by atoms with van der Waals surface area (Å²) in [6.07, 6.45) is 0. The third kappa shape index (κ3) is 2.83. The molecule has 0 aliphatic carbocycles. The van der Waals surface area contributed by atoms with Gasteiger partial charge in [0.05, 0.1) is 10.9 Å². The Hall–Kier alpha value is -2.14. The number of para-hydroxylation sites is 1. The Morgan fingerprint density at radius 2 is 1.86 bits per heavy atom. The molecule has 1 aromatic heterocycles. The second-order valence-corrected chi connectivity index (χ2v) is 5.63. The molecule has 2 aromatic carbocycles. The molecule has 5 heteroatoms. The molecule has 3 nitrogen and oxygen atoms in total. The largest absolute Gasteiger partial charge is 0.290 e. The lowest BCUT2D eigenvalue weighted by atomic mass is 10.2. The van der Waals surface area contributed by atoms with Gasteiger partial charge in [0.2, 0.25) is 0 Å². The number of fused-ring (bicyclic) bond motifs is 1. The van der Waals surface area contributed by atoms with E-state index in [4.69, 9.17) is 0 Å². The summed E-state index contributed by atoms with van der Waals surface area (Å²) in [6.45, 7) is 0. The van der Waals surface area contributed by atoms with E-state index < -0.39 is 0 Å². The topological polar surface area (TPSA) is 34.9 Å². The van der Waals surface area contributed by atoms with Crippen LogP contribution in [0.25, 0.3) is 10.9 Å². The average molecular weight is 300 g/mol. The van der Waals surface area contributed by atoms with Crippen molar-refractivity contribution in [3.63, 3.8) is 0 Å². The molecule has 0 radical (unpaired) electrons. The number of benzene rings is 2. The number of thioether (sulfide) groups is 1. The quantitative estimate of drug-likeness (QED) is 0.549. The molecule has 0 bridgehead atoms. The number of rotatable bonds is 3. The lowest BCUT2D eigenvalue weighted by Crippen LogP contribution is -2.19. The van der Waals surface area contributed by atoms with Gasteiger partial charge in [-0.1, -0.05) is 36.0 Å². The van der Waals surface area contributed by atoms with Crippen molar-refractivity contribution in [3.05, 3.63) is 70.3 Å². The van der Waals surface area contributed by atoms with Crippen molar-refractivity contribution < 1.29 is 4.39 Å². The number of aromatic nitrogens is 2. The van der Waals surface area contributed by atoms with E-state index in [1.54, 1.807) is 29.8 Å². The van der Waals surface area contributed by atoms with E-state index in [9.17, 15) is 9.18 Å². The predicted molar refractivity (Wildman–Crippen MR) is 82.9 cm³/mol. The Kier molecular flexibility index (Phi) is 3.75. The zero-order chi connectivity index (χ0) is 14.8. The SMILES string of the molecule is Cn1c(SCc2ccc(F)cc2)nc2ccccc2c1=O. The van der Waals surface area contributed by atoms with Gasteiger partial charge in [0, 0.05) is 12.8 Å². The van der Waals surface area contributed by atoms with Gasteiger partial charge in [-0.25, -0.2) is 9.37 Å². The van der Waals surface area contributed by atoms with Gasteiger partial charge in [-0.15, -0.1) is 0 Å². The van der Waals surface area contributed by atoms with E-state index in [2.05, 4.69) is 4.98 Å². The molecule has 3 rings (SSSR count). The van der Waals surface area contributed by atoms with E-state index in [1.807, 2.05) is 18.2 Å². The van der Waals surface area contributed by atoms with Crippen LogP contribution in [0.4, 0.5) is 4.39 Å². The van der Waals surface area contributed by atoms with Crippen LogP contribution in [-0.4, -0.2) is 9.55 Å². The first-order chi connectivity index (χ1) is 10.1. The van der Waals surface area contributed by atoms with Crippen LogP contribution in [0.15, 0.2) is 58.5 Å². The molecule has 0 unspecified atom stereocenters. The van der Waals surface area contributed by atoms with Crippen LogP contribution in [0.5, 0.6) is 0 Å². The highest BCUT2D eigenvalue weighted by molar-refractivity contribution is 7.98. The first kappa shape index (κ1) is 13.8. The fraction of sp³-hybridized carbons (Fsp3) is 0.125. The van der Waals surface area contributed by atoms with Crippen molar-refractivity contribution in [1.29, 1.82) is 0 Å². The van der Waals surface area contributed by atoms with Crippen LogP contribution >= 0.6 is 11.8 Å². The van der Waals surface area contributed by atoms with Crippen LogP contribution < -0.4 is 5.56 Å². The minimum atomic E-state index is -0.250. The number of nitrogens with zero attached hydrogens (tertiary/aromatic N) is 2. The van der Waals surface area contributed by atoms with Crippen molar-refractivity contribution in [2.24, 2.45) is 7.05 Å². The van der Waals surface area contributed by atoms with E-state index in [0.717, 1.165) is 5.56 Å². The molecule has 21 heavy (non-hydrogen) atoms. The molecular formula is C16H13FN2OS. The summed E-state index contributed by atoms with van der Waals surface area (Å²) in [5.74, 6) is 0.388. The van der Waals surface area contributed by atoms with Gasteiger partial charge in [-0.05, 0) is 29.8 Å². The molecule has 0 saturated carbocycles. The van der Waals surface area contributed by atoms with Crippen molar-refractivity contribution in [3.8, 4) is 0 Å². The lowest BCUT2D eigenvalue weighted by molar-refractivity contribution is 0.627. The molecule has 1 heterocycles. The van der Waals surface area contributed by atoms with Gasteiger partial charge in [-0.2, -0.15) is 0 Å². The van der Waals surface area contributed by atoms with Crippen LogP contribution in [0.3, 0.4) is 0 Å². The molecule has 0 fully saturated rings. The first-order valence-electron chi connectivity index (χ1n) is 6.48.